The number of nitrogens with two attached hydrogens (primary N) is 1. The summed E-state index contributed by atoms with van der Waals surface area (Å²) in [4.78, 5) is 9.55. The first-order valence-corrected chi connectivity index (χ1v) is 8.33. The van der Waals surface area contributed by atoms with Gasteiger partial charge in [0.25, 0.3) is 0 Å². The van der Waals surface area contributed by atoms with Gasteiger partial charge in [-0.25, -0.2) is 0 Å². The lowest BCUT2D eigenvalue weighted by atomic mass is 10.1. The highest BCUT2D eigenvalue weighted by atomic mass is 79.9. The molecule has 3 aromatic rings. The van der Waals surface area contributed by atoms with Crippen molar-refractivity contribution in [2.75, 3.05) is 0 Å². The molecule has 1 atom stereocenters. The molecule has 1 unspecified atom stereocenters. The van der Waals surface area contributed by atoms with Gasteiger partial charge >= 0.3 is 0 Å². The average molecular weight is 367 g/mol. The second-order valence-electron chi connectivity index (χ2n) is 4.73. The van der Waals surface area contributed by atoms with Crippen LogP contribution in [0.3, 0.4) is 0 Å². The SMILES string of the molecule is CCC(N)Cc1c(Oc2cncc(Br)c2)nc2sccn12. The van der Waals surface area contributed by atoms with Crippen LogP contribution in [-0.2, 0) is 6.42 Å². The van der Waals surface area contributed by atoms with Crippen LogP contribution in [0.2, 0.25) is 0 Å². The van der Waals surface area contributed by atoms with E-state index in [2.05, 4.69) is 32.8 Å². The molecule has 5 nitrogen and oxygen atoms in total. The maximum atomic E-state index is 6.10. The second-order valence-corrected chi connectivity index (χ2v) is 6.52. The Kier molecular flexibility index (Phi) is 4.23. The number of hydrogen-bond donors (Lipinski definition) is 1. The Hall–Kier alpha value is -1.44. The Labute approximate surface area is 134 Å². The van der Waals surface area contributed by atoms with E-state index in [4.69, 9.17) is 10.5 Å². The Morgan fingerprint density at radius 2 is 2.33 bits per heavy atom. The second kappa shape index (κ2) is 6.13. The molecule has 3 aromatic heterocycles. The van der Waals surface area contributed by atoms with Crippen molar-refractivity contribution in [2.45, 2.75) is 25.8 Å². The molecule has 0 fully saturated rings. The molecule has 0 aliphatic rings. The zero-order chi connectivity index (χ0) is 14.8. The van der Waals surface area contributed by atoms with Crippen LogP contribution < -0.4 is 10.5 Å². The molecular weight excluding hydrogens is 352 g/mol. The number of pyridine rings is 1. The molecule has 0 aliphatic carbocycles. The first-order chi connectivity index (χ1) is 10.2. The molecule has 7 heteroatoms. The maximum absolute atomic E-state index is 6.10. The van der Waals surface area contributed by atoms with Crippen LogP contribution in [0, 0.1) is 0 Å². The van der Waals surface area contributed by atoms with Gasteiger partial charge in [0.1, 0.15) is 5.75 Å². The third kappa shape index (κ3) is 3.09. The molecular formula is C14H15BrN4OS. The number of rotatable bonds is 5. The minimum absolute atomic E-state index is 0.0905. The average Bonchev–Trinajstić information content (AvgIpc) is 3.02. The monoisotopic (exact) mass is 366 g/mol. The van der Waals surface area contributed by atoms with Gasteiger partial charge in [-0.15, -0.1) is 11.3 Å². The fourth-order valence-corrected chi connectivity index (χ4v) is 3.10. The quantitative estimate of drug-likeness (QED) is 0.748. The standard InChI is InChI=1S/C14H15BrN4OS/c1-2-10(16)6-12-13(18-14-19(12)3-4-21-14)20-11-5-9(15)7-17-8-11/h3-5,7-8,10H,2,6,16H2,1H3. The van der Waals surface area contributed by atoms with Gasteiger partial charge in [-0.3, -0.25) is 9.38 Å². The first kappa shape index (κ1) is 14.5. The number of imidazole rings is 1. The summed E-state index contributed by atoms with van der Waals surface area (Å²) in [5.74, 6) is 1.26. The zero-order valence-corrected chi connectivity index (χ0v) is 13.9. The lowest BCUT2D eigenvalue weighted by Crippen LogP contribution is -2.22. The minimum Gasteiger partial charge on any atom is -0.436 e. The van der Waals surface area contributed by atoms with Crippen molar-refractivity contribution in [2.24, 2.45) is 5.73 Å². The molecule has 3 heterocycles. The lowest BCUT2D eigenvalue weighted by molar-refractivity contribution is 0.452. The van der Waals surface area contributed by atoms with Crippen molar-refractivity contribution in [3.05, 3.63) is 40.2 Å². The summed E-state index contributed by atoms with van der Waals surface area (Å²) in [7, 11) is 0. The van der Waals surface area contributed by atoms with E-state index in [1.807, 2.05) is 22.0 Å². The number of halogens is 1. The number of hydrogen-bond acceptors (Lipinski definition) is 5. The molecule has 0 amide bonds. The molecule has 0 aromatic carbocycles. The van der Waals surface area contributed by atoms with E-state index in [0.717, 1.165) is 28.0 Å². The summed E-state index contributed by atoms with van der Waals surface area (Å²) in [6.07, 6.45) is 7.02. The summed E-state index contributed by atoms with van der Waals surface area (Å²) in [5.41, 5.74) is 7.10. The molecule has 0 bridgehead atoms. The highest BCUT2D eigenvalue weighted by Crippen LogP contribution is 2.29. The van der Waals surface area contributed by atoms with Crippen LogP contribution >= 0.6 is 27.3 Å². The topological polar surface area (TPSA) is 65.4 Å². The third-order valence-corrected chi connectivity index (χ3v) is 4.39. The van der Waals surface area contributed by atoms with Crippen LogP contribution in [0.4, 0.5) is 0 Å². The van der Waals surface area contributed by atoms with Gasteiger partial charge in [0.15, 0.2) is 4.96 Å². The van der Waals surface area contributed by atoms with E-state index in [0.29, 0.717) is 11.6 Å². The maximum Gasteiger partial charge on any atom is 0.242 e. The van der Waals surface area contributed by atoms with E-state index in [9.17, 15) is 0 Å². The van der Waals surface area contributed by atoms with Gasteiger partial charge in [0.2, 0.25) is 5.88 Å². The summed E-state index contributed by atoms with van der Waals surface area (Å²) in [6.45, 7) is 2.08. The predicted octanol–water partition coefficient (Wildman–Crippen LogP) is 3.63. The van der Waals surface area contributed by atoms with E-state index in [1.54, 1.807) is 23.7 Å². The zero-order valence-electron chi connectivity index (χ0n) is 11.5. The van der Waals surface area contributed by atoms with Crippen LogP contribution in [0.1, 0.15) is 19.0 Å². The molecule has 0 saturated carbocycles. The smallest absolute Gasteiger partial charge is 0.242 e. The van der Waals surface area contributed by atoms with Crippen LogP contribution in [0.15, 0.2) is 34.5 Å². The third-order valence-electron chi connectivity index (χ3n) is 3.20. The normalized spacial score (nSPS) is 12.7. The Balaban J connectivity index is 1.97. The summed E-state index contributed by atoms with van der Waals surface area (Å²) in [5, 5.41) is 2.01. The molecule has 0 radical (unpaired) electrons. The predicted molar refractivity (Wildman–Crippen MR) is 87.1 cm³/mol. The van der Waals surface area contributed by atoms with Gasteiger partial charge in [-0.2, -0.15) is 4.98 Å². The van der Waals surface area contributed by atoms with E-state index < -0.39 is 0 Å². The number of fused-ring (bicyclic) bond motifs is 1. The fourth-order valence-electron chi connectivity index (χ4n) is 2.03. The van der Waals surface area contributed by atoms with Gasteiger partial charge in [-0.1, -0.05) is 6.92 Å². The van der Waals surface area contributed by atoms with Crippen LogP contribution in [-0.4, -0.2) is 20.4 Å². The molecule has 2 N–H and O–H groups in total. The summed E-state index contributed by atoms with van der Waals surface area (Å²) < 4.78 is 8.82. The van der Waals surface area contributed by atoms with Crippen molar-refractivity contribution in [1.82, 2.24) is 14.4 Å². The Morgan fingerprint density at radius 1 is 1.48 bits per heavy atom. The Bertz CT molecular complexity index is 754. The molecule has 21 heavy (non-hydrogen) atoms. The molecule has 0 saturated heterocycles. The van der Waals surface area contributed by atoms with Crippen LogP contribution in [0.25, 0.3) is 4.96 Å². The van der Waals surface area contributed by atoms with Crippen molar-refractivity contribution in [3.8, 4) is 11.6 Å². The van der Waals surface area contributed by atoms with Gasteiger partial charge in [0, 0.05) is 34.7 Å². The van der Waals surface area contributed by atoms with Gasteiger partial charge < -0.3 is 10.5 Å². The highest BCUT2D eigenvalue weighted by molar-refractivity contribution is 9.10. The molecule has 110 valence electrons. The van der Waals surface area contributed by atoms with Gasteiger partial charge in [0.05, 0.1) is 11.9 Å². The largest absolute Gasteiger partial charge is 0.436 e. The summed E-state index contributed by atoms with van der Waals surface area (Å²) >= 11 is 4.96. The molecule has 3 rings (SSSR count). The molecule has 0 spiro atoms. The number of ether oxygens (including phenoxy) is 1. The Morgan fingerprint density at radius 3 is 3.10 bits per heavy atom. The van der Waals surface area contributed by atoms with Crippen molar-refractivity contribution < 1.29 is 4.74 Å². The lowest BCUT2D eigenvalue weighted by Gasteiger charge is -2.10. The highest BCUT2D eigenvalue weighted by Gasteiger charge is 2.17. The molecule has 0 aliphatic heterocycles. The van der Waals surface area contributed by atoms with Crippen molar-refractivity contribution in [1.29, 1.82) is 0 Å². The van der Waals surface area contributed by atoms with Crippen molar-refractivity contribution >= 4 is 32.2 Å². The number of nitrogens with zero attached hydrogens (tertiary/aromatic N) is 3. The fraction of sp³-hybridized carbons (Fsp3) is 0.286. The number of thiazole rings is 1. The van der Waals surface area contributed by atoms with Crippen molar-refractivity contribution in [3.63, 3.8) is 0 Å². The van der Waals surface area contributed by atoms with E-state index >= 15 is 0 Å². The van der Waals surface area contributed by atoms with Crippen LogP contribution in [0.5, 0.6) is 11.6 Å². The minimum atomic E-state index is 0.0905. The van der Waals surface area contributed by atoms with E-state index in [-0.39, 0.29) is 6.04 Å². The number of aromatic nitrogens is 3. The van der Waals surface area contributed by atoms with E-state index in [1.165, 1.54) is 0 Å². The van der Waals surface area contributed by atoms with Gasteiger partial charge in [-0.05, 0) is 28.4 Å². The summed E-state index contributed by atoms with van der Waals surface area (Å²) in [6, 6.07) is 1.96. The first-order valence-electron chi connectivity index (χ1n) is 6.65.